The predicted molar refractivity (Wildman–Crippen MR) is 132 cm³/mol. The first-order valence-electron chi connectivity index (χ1n) is 11.5. The fraction of sp³-hybridized carbons (Fsp3) is 0.360. The van der Waals surface area contributed by atoms with E-state index in [0.29, 0.717) is 52.3 Å². The highest BCUT2D eigenvalue weighted by Crippen LogP contribution is 2.40. The van der Waals surface area contributed by atoms with Crippen molar-refractivity contribution in [3.8, 4) is 17.1 Å². The molecule has 35 heavy (non-hydrogen) atoms. The fourth-order valence-corrected chi connectivity index (χ4v) is 5.56. The minimum Gasteiger partial charge on any atom is -0.481 e. The van der Waals surface area contributed by atoms with Gasteiger partial charge in [-0.15, -0.1) is 0 Å². The fourth-order valence-electron chi connectivity index (χ4n) is 5.14. The van der Waals surface area contributed by atoms with Crippen molar-refractivity contribution in [3.63, 3.8) is 0 Å². The van der Waals surface area contributed by atoms with Crippen LogP contribution in [0.5, 0.6) is 5.88 Å². The average molecular weight is 514 g/mol. The van der Waals surface area contributed by atoms with Crippen molar-refractivity contribution < 1.29 is 14.3 Å². The van der Waals surface area contributed by atoms with E-state index in [1.165, 1.54) is 13.3 Å². The first-order valence-corrected chi connectivity index (χ1v) is 12.3. The summed E-state index contributed by atoms with van der Waals surface area (Å²) >= 11 is 12.3. The Morgan fingerprint density at radius 2 is 1.94 bits per heavy atom. The van der Waals surface area contributed by atoms with Crippen LogP contribution in [0.1, 0.15) is 41.7 Å². The number of carbonyl (C=O) groups excluding carboxylic acids is 2. The molecule has 2 saturated heterocycles. The molecule has 2 fully saturated rings. The number of carbonyl (C=O) groups is 2. The van der Waals surface area contributed by atoms with Crippen molar-refractivity contribution in [2.24, 2.45) is 5.92 Å². The van der Waals surface area contributed by atoms with Crippen molar-refractivity contribution in [1.29, 1.82) is 0 Å². The van der Waals surface area contributed by atoms with Gasteiger partial charge in [-0.05, 0) is 49.4 Å². The Morgan fingerprint density at radius 3 is 2.66 bits per heavy atom. The molecule has 10 heteroatoms. The number of benzene rings is 1. The minimum absolute atomic E-state index is 0.0212. The Morgan fingerprint density at radius 1 is 1.17 bits per heavy atom. The number of methoxy groups -OCH3 is 1. The van der Waals surface area contributed by atoms with Gasteiger partial charge >= 0.3 is 0 Å². The second-order valence-corrected chi connectivity index (χ2v) is 9.83. The third-order valence-electron chi connectivity index (χ3n) is 6.82. The quantitative estimate of drug-likeness (QED) is 0.505. The molecular formula is C25H25Cl2N5O3. The average Bonchev–Trinajstić information content (AvgIpc) is 3.45. The van der Waals surface area contributed by atoms with Crippen molar-refractivity contribution in [2.45, 2.75) is 44.3 Å². The normalized spacial score (nSPS) is 21.1. The summed E-state index contributed by atoms with van der Waals surface area (Å²) in [6.07, 6.45) is 4.57. The van der Waals surface area contributed by atoms with Crippen LogP contribution in [-0.2, 0) is 11.3 Å². The van der Waals surface area contributed by atoms with Crippen LogP contribution in [0.3, 0.4) is 0 Å². The Bertz CT molecular complexity index is 1250. The Balaban J connectivity index is 1.25. The maximum atomic E-state index is 13.4. The molecule has 2 aliphatic heterocycles. The lowest BCUT2D eigenvalue weighted by Gasteiger charge is -2.38. The van der Waals surface area contributed by atoms with Crippen molar-refractivity contribution in [2.75, 3.05) is 7.11 Å². The van der Waals surface area contributed by atoms with Gasteiger partial charge in [-0.3, -0.25) is 14.7 Å². The Labute approximate surface area is 213 Å². The molecule has 2 aromatic heterocycles. The monoisotopic (exact) mass is 513 g/mol. The molecule has 0 unspecified atom stereocenters. The number of hydrogen-bond donors (Lipinski definition) is 2. The highest BCUT2D eigenvalue weighted by atomic mass is 35.5. The smallest absolute Gasteiger partial charge is 0.274 e. The van der Waals surface area contributed by atoms with Crippen LogP contribution in [-0.4, -0.2) is 51.1 Å². The molecule has 2 amide bonds. The number of pyridine rings is 1. The lowest BCUT2D eigenvalue weighted by Crippen LogP contribution is -2.49. The van der Waals surface area contributed by atoms with Crippen LogP contribution in [0.2, 0.25) is 10.0 Å². The van der Waals surface area contributed by atoms with Gasteiger partial charge in [0.1, 0.15) is 0 Å². The zero-order chi connectivity index (χ0) is 24.5. The van der Waals surface area contributed by atoms with Crippen molar-refractivity contribution >= 4 is 35.0 Å². The van der Waals surface area contributed by atoms with E-state index >= 15 is 0 Å². The summed E-state index contributed by atoms with van der Waals surface area (Å²) in [5, 5.41) is 11.3. The molecule has 0 spiro atoms. The van der Waals surface area contributed by atoms with E-state index in [1.54, 1.807) is 12.1 Å². The molecular weight excluding hydrogens is 489 g/mol. The van der Waals surface area contributed by atoms with Crippen LogP contribution in [0.15, 0.2) is 42.6 Å². The molecule has 3 atom stereocenters. The van der Waals surface area contributed by atoms with Crippen LogP contribution in [0, 0.1) is 5.92 Å². The molecule has 182 valence electrons. The molecule has 2 bridgehead atoms. The first-order chi connectivity index (χ1) is 16.9. The van der Waals surface area contributed by atoms with Crippen molar-refractivity contribution in [3.05, 3.63) is 63.9 Å². The molecule has 1 aromatic carbocycles. The van der Waals surface area contributed by atoms with E-state index in [1.807, 2.05) is 29.2 Å². The first kappa shape index (κ1) is 23.6. The SMILES string of the molecule is COc1cc(-c2cc(C(=O)N3[C@@H]4CC[C@H]3C[C@@H](C(=O)NCc3cccc(Cl)c3)C4)n[nH]2)c(Cl)cn1. The maximum absolute atomic E-state index is 13.4. The van der Waals surface area contributed by atoms with Crippen molar-refractivity contribution in [1.82, 2.24) is 25.4 Å². The van der Waals surface area contributed by atoms with E-state index in [9.17, 15) is 9.59 Å². The second kappa shape index (κ2) is 9.87. The number of piperidine rings is 1. The van der Waals surface area contributed by atoms with Gasteiger partial charge in [-0.2, -0.15) is 5.10 Å². The van der Waals surface area contributed by atoms with E-state index in [2.05, 4.69) is 20.5 Å². The number of nitrogens with one attached hydrogen (secondary N) is 2. The third-order valence-corrected chi connectivity index (χ3v) is 7.36. The molecule has 2 aliphatic rings. The Kier molecular flexibility index (Phi) is 6.67. The van der Waals surface area contributed by atoms with E-state index in [-0.39, 0.29) is 29.8 Å². The van der Waals surface area contributed by atoms with E-state index in [0.717, 1.165) is 18.4 Å². The summed E-state index contributed by atoms with van der Waals surface area (Å²) in [7, 11) is 1.53. The van der Waals surface area contributed by atoms with E-state index in [4.69, 9.17) is 27.9 Å². The molecule has 0 radical (unpaired) electrons. The highest BCUT2D eigenvalue weighted by Gasteiger charge is 2.45. The number of hydrogen-bond acceptors (Lipinski definition) is 5. The van der Waals surface area contributed by atoms with Crippen LogP contribution >= 0.6 is 23.2 Å². The standard InChI is InChI=1S/C25H25Cl2N5O3/c1-35-23-10-19(20(27)13-28-23)21-11-22(31-30-21)25(34)32-17-5-6-18(32)9-15(8-17)24(33)29-12-14-3-2-4-16(26)7-14/h2-4,7,10-11,13,15,17-18H,5-6,8-9,12H2,1H3,(H,29,33)(H,30,31)/t15-,17+,18-. The largest absolute Gasteiger partial charge is 0.481 e. The number of ether oxygens (including phenoxy) is 1. The zero-order valence-electron chi connectivity index (χ0n) is 19.1. The minimum atomic E-state index is -0.130. The summed E-state index contributed by atoms with van der Waals surface area (Å²) in [5.41, 5.74) is 2.56. The van der Waals surface area contributed by atoms with Gasteiger partial charge in [0.25, 0.3) is 5.91 Å². The summed E-state index contributed by atoms with van der Waals surface area (Å²) in [6, 6.07) is 10.9. The summed E-state index contributed by atoms with van der Waals surface area (Å²) in [5.74, 6) is 0.196. The summed E-state index contributed by atoms with van der Waals surface area (Å²) in [4.78, 5) is 32.3. The van der Waals surface area contributed by atoms with Gasteiger partial charge in [-0.1, -0.05) is 35.3 Å². The van der Waals surface area contributed by atoms with Gasteiger partial charge in [0, 0.05) is 41.2 Å². The number of rotatable bonds is 6. The zero-order valence-corrected chi connectivity index (χ0v) is 20.6. The summed E-state index contributed by atoms with van der Waals surface area (Å²) in [6.45, 7) is 0.437. The number of fused-ring (bicyclic) bond motifs is 2. The predicted octanol–water partition coefficient (Wildman–Crippen LogP) is 4.49. The number of halogens is 2. The number of nitrogens with zero attached hydrogens (tertiary/aromatic N) is 3. The van der Waals surface area contributed by atoms with Gasteiger partial charge < -0.3 is 15.0 Å². The molecule has 0 aliphatic carbocycles. The van der Waals surface area contributed by atoms with Crippen LogP contribution < -0.4 is 10.1 Å². The lowest BCUT2D eigenvalue weighted by atomic mass is 9.89. The van der Waals surface area contributed by atoms with E-state index < -0.39 is 0 Å². The van der Waals surface area contributed by atoms with Crippen LogP contribution in [0.4, 0.5) is 0 Å². The number of aromatic amines is 1. The second-order valence-electron chi connectivity index (χ2n) is 8.99. The molecule has 0 saturated carbocycles. The third kappa shape index (κ3) is 4.86. The Hall–Kier alpha value is -3.10. The van der Waals surface area contributed by atoms with Gasteiger partial charge in [-0.25, -0.2) is 4.98 Å². The number of amides is 2. The molecule has 8 nitrogen and oxygen atoms in total. The number of aromatic nitrogens is 3. The van der Waals surface area contributed by atoms with Crippen LogP contribution in [0.25, 0.3) is 11.3 Å². The molecule has 5 rings (SSSR count). The van der Waals surface area contributed by atoms with Gasteiger partial charge in [0.2, 0.25) is 11.8 Å². The van der Waals surface area contributed by atoms with Gasteiger partial charge in [0.05, 0.1) is 24.0 Å². The molecule has 2 N–H and O–H groups in total. The number of H-pyrrole nitrogens is 1. The molecule has 4 heterocycles. The summed E-state index contributed by atoms with van der Waals surface area (Å²) < 4.78 is 5.18. The van der Waals surface area contributed by atoms with Gasteiger partial charge in [0.15, 0.2) is 5.69 Å². The topological polar surface area (TPSA) is 100 Å². The molecule has 3 aromatic rings. The maximum Gasteiger partial charge on any atom is 0.274 e. The highest BCUT2D eigenvalue weighted by molar-refractivity contribution is 6.33. The lowest BCUT2D eigenvalue weighted by molar-refractivity contribution is -0.127.